The fourth-order valence-electron chi connectivity index (χ4n) is 2.41. The van der Waals surface area contributed by atoms with E-state index in [4.69, 9.17) is 9.84 Å². The van der Waals surface area contributed by atoms with Crippen molar-refractivity contribution < 1.29 is 30.3 Å². The first-order valence-electron chi connectivity index (χ1n) is 6.85. The molecule has 1 aromatic carbocycles. The quantitative estimate of drug-likeness (QED) is 0.384. The number of nitrogens with one attached hydrogen (secondary N) is 1. The van der Waals surface area contributed by atoms with Gasteiger partial charge < -0.3 is 35.6 Å². The highest BCUT2D eigenvalue weighted by molar-refractivity contribution is 5.31. The Balaban J connectivity index is 1.89. The number of phenols is 1. The molecular formula is C14H21NO6. The smallest absolute Gasteiger partial charge is 0.173 e. The lowest BCUT2D eigenvalue weighted by molar-refractivity contribution is -0.254. The van der Waals surface area contributed by atoms with Crippen LogP contribution < -0.4 is 5.32 Å². The summed E-state index contributed by atoms with van der Waals surface area (Å²) < 4.78 is 5.04. The molecule has 2 rings (SSSR count). The van der Waals surface area contributed by atoms with Crippen LogP contribution in [-0.4, -0.2) is 69.3 Å². The van der Waals surface area contributed by atoms with Crippen molar-refractivity contribution in [1.82, 2.24) is 5.32 Å². The summed E-state index contributed by atoms with van der Waals surface area (Å²) in [6, 6.07) is 6.02. The van der Waals surface area contributed by atoms with Crippen LogP contribution in [0.5, 0.6) is 5.75 Å². The van der Waals surface area contributed by atoms with Gasteiger partial charge in [0.15, 0.2) is 6.29 Å². The standard InChI is InChI=1S/C14H21NO6/c16-7-10-12(18)13(19)11(14(20)21-10)15-6-5-8-3-1-2-4-9(8)17/h1-4,10-20H,5-7H2/t10-,11-,12+,13-,14?/m1/s1. The summed E-state index contributed by atoms with van der Waals surface area (Å²) in [7, 11) is 0. The first kappa shape index (κ1) is 16.2. The van der Waals surface area contributed by atoms with Crippen LogP contribution >= 0.6 is 0 Å². The molecule has 1 unspecified atom stereocenters. The zero-order valence-corrected chi connectivity index (χ0v) is 11.5. The number of aliphatic hydroxyl groups excluding tert-OH is 4. The second kappa shape index (κ2) is 7.17. The van der Waals surface area contributed by atoms with Gasteiger partial charge in [0.2, 0.25) is 0 Å². The minimum atomic E-state index is -1.33. The van der Waals surface area contributed by atoms with Gasteiger partial charge in [-0.3, -0.25) is 0 Å². The van der Waals surface area contributed by atoms with E-state index in [1.165, 1.54) is 0 Å². The van der Waals surface area contributed by atoms with Crippen molar-refractivity contribution in [3.05, 3.63) is 29.8 Å². The van der Waals surface area contributed by atoms with Crippen LogP contribution in [0.1, 0.15) is 5.56 Å². The van der Waals surface area contributed by atoms with Crippen LogP contribution in [0, 0.1) is 0 Å². The Bertz CT molecular complexity index is 457. The Morgan fingerprint density at radius 3 is 2.48 bits per heavy atom. The van der Waals surface area contributed by atoms with Gasteiger partial charge in [-0.15, -0.1) is 0 Å². The van der Waals surface area contributed by atoms with Crippen molar-refractivity contribution in [3.8, 4) is 5.75 Å². The number of ether oxygens (including phenoxy) is 1. The number of para-hydroxylation sites is 1. The second-order valence-electron chi connectivity index (χ2n) is 5.09. The van der Waals surface area contributed by atoms with E-state index in [0.29, 0.717) is 13.0 Å². The summed E-state index contributed by atoms with van der Waals surface area (Å²) in [4.78, 5) is 0. The lowest BCUT2D eigenvalue weighted by Gasteiger charge is -2.40. The van der Waals surface area contributed by atoms with Crippen molar-refractivity contribution >= 4 is 0 Å². The van der Waals surface area contributed by atoms with Crippen LogP contribution in [0.4, 0.5) is 0 Å². The molecule has 7 heteroatoms. The normalized spacial score (nSPS) is 33.0. The van der Waals surface area contributed by atoms with Crippen LogP contribution in [0.15, 0.2) is 24.3 Å². The maximum absolute atomic E-state index is 9.95. The zero-order valence-electron chi connectivity index (χ0n) is 11.5. The molecule has 5 atom stereocenters. The molecule has 0 spiro atoms. The minimum absolute atomic E-state index is 0.181. The largest absolute Gasteiger partial charge is 0.508 e. The molecular weight excluding hydrogens is 278 g/mol. The van der Waals surface area contributed by atoms with Crippen molar-refractivity contribution in [2.24, 2.45) is 0 Å². The first-order valence-corrected chi connectivity index (χ1v) is 6.85. The van der Waals surface area contributed by atoms with E-state index in [1.807, 2.05) is 0 Å². The molecule has 1 fully saturated rings. The van der Waals surface area contributed by atoms with Crippen LogP contribution in [0.25, 0.3) is 0 Å². The van der Waals surface area contributed by atoms with Gasteiger partial charge in [-0.2, -0.15) is 0 Å². The Morgan fingerprint density at radius 1 is 1.10 bits per heavy atom. The summed E-state index contributed by atoms with van der Waals surface area (Å²) in [5.74, 6) is 0.181. The molecule has 1 aliphatic rings. The van der Waals surface area contributed by atoms with Gasteiger partial charge in [0.25, 0.3) is 0 Å². The summed E-state index contributed by atoms with van der Waals surface area (Å²) in [6.45, 7) is -0.115. The third-order valence-electron chi connectivity index (χ3n) is 3.67. The van der Waals surface area contributed by atoms with Gasteiger partial charge in [-0.25, -0.2) is 0 Å². The van der Waals surface area contributed by atoms with Crippen molar-refractivity contribution in [2.75, 3.05) is 13.2 Å². The van der Waals surface area contributed by atoms with Gasteiger partial charge in [-0.1, -0.05) is 18.2 Å². The maximum Gasteiger partial charge on any atom is 0.173 e. The third kappa shape index (κ3) is 3.70. The molecule has 1 aliphatic heterocycles. The molecule has 118 valence electrons. The Hall–Kier alpha value is -1.22. The van der Waals surface area contributed by atoms with Crippen molar-refractivity contribution in [3.63, 3.8) is 0 Å². The molecule has 21 heavy (non-hydrogen) atoms. The first-order chi connectivity index (χ1) is 10.0. The SMILES string of the molecule is OC[C@H]1OC(O)[C@H](NCCc2ccccc2O)[C@@H](O)[C@H]1O. The maximum atomic E-state index is 9.95. The molecule has 0 saturated carbocycles. The zero-order chi connectivity index (χ0) is 15.4. The number of hydrogen-bond acceptors (Lipinski definition) is 7. The number of aliphatic hydroxyl groups is 4. The van der Waals surface area contributed by atoms with Gasteiger partial charge in [0, 0.05) is 0 Å². The average Bonchev–Trinajstić information content (AvgIpc) is 2.48. The number of rotatable bonds is 5. The van der Waals surface area contributed by atoms with E-state index in [2.05, 4.69) is 5.32 Å². The second-order valence-corrected chi connectivity index (χ2v) is 5.09. The van der Waals surface area contributed by atoms with Crippen molar-refractivity contribution in [1.29, 1.82) is 0 Å². The molecule has 0 aromatic heterocycles. The van der Waals surface area contributed by atoms with Crippen molar-refractivity contribution in [2.45, 2.75) is 37.1 Å². The Labute approximate surface area is 122 Å². The highest BCUT2D eigenvalue weighted by Gasteiger charge is 2.43. The Kier molecular flexibility index (Phi) is 5.51. The lowest BCUT2D eigenvalue weighted by Crippen LogP contribution is -2.63. The molecule has 1 aromatic rings. The van der Waals surface area contributed by atoms with Crippen LogP contribution in [-0.2, 0) is 11.2 Å². The number of benzene rings is 1. The fourth-order valence-corrected chi connectivity index (χ4v) is 2.41. The number of hydrogen-bond donors (Lipinski definition) is 6. The predicted molar refractivity (Wildman–Crippen MR) is 73.6 cm³/mol. The summed E-state index contributed by atoms with van der Waals surface area (Å²) in [5, 5.41) is 51.0. The molecule has 0 bridgehead atoms. The van der Waals surface area contributed by atoms with E-state index >= 15 is 0 Å². The van der Waals surface area contributed by atoms with Crippen LogP contribution in [0.2, 0.25) is 0 Å². The van der Waals surface area contributed by atoms with Gasteiger partial charge in [0.05, 0.1) is 12.6 Å². The Morgan fingerprint density at radius 2 is 1.81 bits per heavy atom. The lowest BCUT2D eigenvalue weighted by atomic mass is 9.97. The van der Waals surface area contributed by atoms with E-state index in [0.717, 1.165) is 5.56 Å². The molecule has 6 N–H and O–H groups in total. The number of phenolic OH excluding ortho intramolecular Hbond substituents is 1. The molecule has 7 nitrogen and oxygen atoms in total. The third-order valence-corrected chi connectivity index (χ3v) is 3.67. The summed E-state index contributed by atoms with van der Waals surface area (Å²) >= 11 is 0. The van der Waals surface area contributed by atoms with Gasteiger partial charge in [0.1, 0.15) is 24.1 Å². The van der Waals surface area contributed by atoms with E-state index in [1.54, 1.807) is 24.3 Å². The highest BCUT2D eigenvalue weighted by atomic mass is 16.6. The highest BCUT2D eigenvalue weighted by Crippen LogP contribution is 2.20. The molecule has 0 radical (unpaired) electrons. The average molecular weight is 299 g/mol. The minimum Gasteiger partial charge on any atom is -0.508 e. The topological polar surface area (TPSA) is 122 Å². The summed E-state index contributed by atoms with van der Waals surface area (Å²) in [5.41, 5.74) is 0.736. The number of aromatic hydroxyl groups is 1. The molecule has 0 amide bonds. The van der Waals surface area contributed by atoms with E-state index in [9.17, 15) is 20.4 Å². The monoisotopic (exact) mass is 299 g/mol. The molecule has 0 aliphatic carbocycles. The van der Waals surface area contributed by atoms with Gasteiger partial charge in [-0.05, 0) is 24.6 Å². The van der Waals surface area contributed by atoms with Gasteiger partial charge >= 0.3 is 0 Å². The van der Waals surface area contributed by atoms with Crippen LogP contribution in [0.3, 0.4) is 0 Å². The molecule has 1 saturated heterocycles. The fraction of sp³-hybridized carbons (Fsp3) is 0.571. The predicted octanol–water partition coefficient (Wildman–Crippen LogP) is -1.68. The summed E-state index contributed by atoms with van der Waals surface area (Å²) in [6.07, 6.45) is -4.38. The van der Waals surface area contributed by atoms with E-state index in [-0.39, 0.29) is 5.75 Å². The molecule has 1 heterocycles. The van der Waals surface area contributed by atoms with E-state index < -0.39 is 37.3 Å².